The zero-order valence-electron chi connectivity index (χ0n) is 7.85. The second-order valence-corrected chi connectivity index (χ2v) is 5.27. The van der Waals surface area contributed by atoms with Crippen molar-refractivity contribution in [1.82, 2.24) is 4.98 Å². The van der Waals surface area contributed by atoms with E-state index in [1.165, 1.54) is 6.20 Å². The molecule has 0 unspecified atom stereocenters. The summed E-state index contributed by atoms with van der Waals surface area (Å²) >= 11 is 13.8. The van der Waals surface area contributed by atoms with Crippen LogP contribution in [0, 0.1) is 9.52 Å². The SMILES string of the molecule is Fc1ncc(I)cc1-c1cc(Cl)cc(Cl)c1. The van der Waals surface area contributed by atoms with Crippen LogP contribution >= 0.6 is 45.8 Å². The van der Waals surface area contributed by atoms with Gasteiger partial charge in [-0.25, -0.2) is 4.98 Å². The van der Waals surface area contributed by atoms with Gasteiger partial charge in [0.1, 0.15) is 0 Å². The van der Waals surface area contributed by atoms with Crippen molar-refractivity contribution in [3.63, 3.8) is 0 Å². The molecule has 1 heterocycles. The van der Waals surface area contributed by atoms with E-state index in [-0.39, 0.29) is 0 Å². The van der Waals surface area contributed by atoms with E-state index in [1.807, 2.05) is 0 Å². The molecule has 2 rings (SSSR count). The van der Waals surface area contributed by atoms with Crippen molar-refractivity contribution >= 4 is 45.8 Å². The average Bonchev–Trinajstić information content (AvgIpc) is 2.20. The summed E-state index contributed by atoms with van der Waals surface area (Å²) in [4.78, 5) is 3.65. The summed E-state index contributed by atoms with van der Waals surface area (Å²) in [7, 11) is 0. The summed E-state index contributed by atoms with van der Waals surface area (Å²) in [5, 5.41) is 0.946. The molecule has 16 heavy (non-hydrogen) atoms. The molecule has 0 aliphatic carbocycles. The van der Waals surface area contributed by atoms with Crippen LogP contribution in [-0.4, -0.2) is 4.98 Å². The van der Waals surface area contributed by atoms with Crippen molar-refractivity contribution in [2.75, 3.05) is 0 Å². The number of hydrogen-bond donors (Lipinski definition) is 0. The summed E-state index contributed by atoms with van der Waals surface area (Å²) < 4.78 is 14.4. The molecular weight excluding hydrogens is 363 g/mol. The number of rotatable bonds is 1. The third-order valence-electron chi connectivity index (χ3n) is 1.98. The lowest BCUT2D eigenvalue weighted by molar-refractivity contribution is 0.587. The molecule has 1 nitrogen and oxygen atoms in total. The summed E-state index contributed by atoms with van der Waals surface area (Å²) in [5.41, 5.74) is 1.03. The van der Waals surface area contributed by atoms with Crippen molar-refractivity contribution in [3.8, 4) is 11.1 Å². The van der Waals surface area contributed by atoms with E-state index >= 15 is 0 Å². The molecule has 1 aromatic carbocycles. The Morgan fingerprint density at radius 3 is 2.31 bits per heavy atom. The quantitative estimate of drug-likeness (QED) is 0.521. The smallest absolute Gasteiger partial charge is 0.220 e. The fraction of sp³-hybridized carbons (Fsp3) is 0. The minimum atomic E-state index is -0.529. The van der Waals surface area contributed by atoms with Gasteiger partial charge in [-0.05, 0) is 52.4 Å². The first-order chi connectivity index (χ1) is 7.56. The van der Waals surface area contributed by atoms with Crippen LogP contribution in [0.25, 0.3) is 11.1 Å². The Kier molecular flexibility index (Phi) is 3.66. The van der Waals surface area contributed by atoms with Gasteiger partial charge in [0, 0.05) is 25.4 Å². The number of aromatic nitrogens is 1. The van der Waals surface area contributed by atoms with Gasteiger partial charge < -0.3 is 0 Å². The van der Waals surface area contributed by atoms with Crippen LogP contribution in [0.3, 0.4) is 0 Å². The van der Waals surface area contributed by atoms with Gasteiger partial charge in [-0.15, -0.1) is 0 Å². The van der Waals surface area contributed by atoms with E-state index < -0.39 is 5.95 Å². The molecule has 0 bridgehead atoms. The van der Waals surface area contributed by atoms with Crippen molar-refractivity contribution in [3.05, 3.63) is 50.0 Å². The highest BCUT2D eigenvalue weighted by molar-refractivity contribution is 14.1. The fourth-order valence-corrected chi connectivity index (χ4v) is 2.31. The highest BCUT2D eigenvalue weighted by Crippen LogP contribution is 2.29. The lowest BCUT2D eigenvalue weighted by atomic mass is 10.1. The Morgan fingerprint density at radius 1 is 1.06 bits per heavy atom. The predicted molar refractivity (Wildman–Crippen MR) is 72.4 cm³/mol. The second kappa shape index (κ2) is 4.85. The molecule has 0 N–H and O–H groups in total. The Morgan fingerprint density at radius 2 is 1.69 bits per heavy atom. The highest BCUT2D eigenvalue weighted by Gasteiger charge is 2.08. The monoisotopic (exact) mass is 367 g/mol. The minimum Gasteiger partial charge on any atom is -0.227 e. The third kappa shape index (κ3) is 2.64. The Bertz CT molecular complexity index is 525. The highest BCUT2D eigenvalue weighted by atomic mass is 127. The number of halogens is 4. The maximum atomic E-state index is 13.5. The number of pyridine rings is 1. The van der Waals surface area contributed by atoms with Crippen LogP contribution in [0.1, 0.15) is 0 Å². The lowest BCUT2D eigenvalue weighted by Gasteiger charge is -2.04. The second-order valence-electron chi connectivity index (χ2n) is 3.15. The van der Waals surface area contributed by atoms with E-state index in [9.17, 15) is 4.39 Å². The van der Waals surface area contributed by atoms with Crippen LogP contribution in [0.2, 0.25) is 10.0 Å². The maximum absolute atomic E-state index is 13.5. The van der Waals surface area contributed by atoms with Crippen LogP contribution < -0.4 is 0 Å². The standard InChI is InChI=1S/C11H5Cl2FIN/c12-7-1-6(2-8(13)3-7)10-4-9(15)5-16-11(10)14/h1-5H. The molecule has 0 saturated carbocycles. The Hall–Kier alpha value is -0.390. The summed E-state index contributed by atoms with van der Waals surface area (Å²) in [6, 6.07) is 6.62. The summed E-state index contributed by atoms with van der Waals surface area (Å²) in [5.74, 6) is -0.529. The predicted octanol–water partition coefficient (Wildman–Crippen LogP) is 4.80. The fourth-order valence-electron chi connectivity index (χ4n) is 1.33. The van der Waals surface area contributed by atoms with Crippen molar-refractivity contribution in [2.45, 2.75) is 0 Å². The van der Waals surface area contributed by atoms with Crippen LogP contribution in [0.4, 0.5) is 4.39 Å². The van der Waals surface area contributed by atoms with Gasteiger partial charge in [0.15, 0.2) is 0 Å². The zero-order chi connectivity index (χ0) is 11.7. The summed E-state index contributed by atoms with van der Waals surface area (Å²) in [6.07, 6.45) is 1.46. The molecule has 0 aliphatic heterocycles. The molecule has 0 fully saturated rings. The largest absolute Gasteiger partial charge is 0.227 e. The maximum Gasteiger partial charge on any atom is 0.220 e. The third-order valence-corrected chi connectivity index (χ3v) is 3.01. The Balaban J connectivity index is 2.62. The number of nitrogens with zero attached hydrogens (tertiary/aromatic N) is 1. The first-order valence-corrected chi connectivity index (χ1v) is 6.17. The first kappa shape index (κ1) is 12.1. The molecule has 0 saturated heterocycles. The molecular formula is C11H5Cl2FIN. The normalized spacial score (nSPS) is 10.5. The minimum absolute atomic E-state index is 0.399. The first-order valence-electron chi connectivity index (χ1n) is 4.34. The molecule has 0 radical (unpaired) electrons. The van der Waals surface area contributed by atoms with Crippen molar-refractivity contribution in [1.29, 1.82) is 0 Å². The van der Waals surface area contributed by atoms with E-state index in [4.69, 9.17) is 23.2 Å². The average molecular weight is 368 g/mol. The van der Waals surface area contributed by atoms with Crippen LogP contribution in [0.5, 0.6) is 0 Å². The van der Waals surface area contributed by atoms with Crippen LogP contribution in [-0.2, 0) is 0 Å². The van der Waals surface area contributed by atoms with Gasteiger partial charge >= 0.3 is 0 Å². The van der Waals surface area contributed by atoms with Crippen molar-refractivity contribution < 1.29 is 4.39 Å². The van der Waals surface area contributed by atoms with E-state index in [1.54, 1.807) is 24.3 Å². The molecule has 0 aliphatic rings. The molecule has 0 atom stereocenters. The van der Waals surface area contributed by atoms with Gasteiger partial charge in [-0.3, -0.25) is 0 Å². The summed E-state index contributed by atoms with van der Waals surface area (Å²) in [6.45, 7) is 0. The van der Waals surface area contributed by atoms with Gasteiger partial charge in [0.05, 0.1) is 0 Å². The number of benzene rings is 1. The van der Waals surface area contributed by atoms with Crippen molar-refractivity contribution in [2.24, 2.45) is 0 Å². The van der Waals surface area contributed by atoms with E-state index in [2.05, 4.69) is 27.6 Å². The van der Waals surface area contributed by atoms with Gasteiger partial charge in [0.25, 0.3) is 0 Å². The van der Waals surface area contributed by atoms with Gasteiger partial charge in [-0.1, -0.05) is 23.2 Å². The van der Waals surface area contributed by atoms with Gasteiger partial charge in [-0.2, -0.15) is 4.39 Å². The molecule has 1 aromatic heterocycles. The molecule has 5 heteroatoms. The molecule has 0 amide bonds. The van der Waals surface area contributed by atoms with E-state index in [0.717, 1.165) is 3.57 Å². The topological polar surface area (TPSA) is 12.9 Å². The Labute approximate surface area is 116 Å². The molecule has 82 valence electrons. The van der Waals surface area contributed by atoms with Crippen LogP contribution in [0.15, 0.2) is 30.5 Å². The van der Waals surface area contributed by atoms with Gasteiger partial charge in [0.2, 0.25) is 5.95 Å². The lowest BCUT2D eigenvalue weighted by Crippen LogP contribution is -1.90. The molecule has 0 spiro atoms. The zero-order valence-corrected chi connectivity index (χ0v) is 11.5. The molecule has 2 aromatic rings. The number of hydrogen-bond acceptors (Lipinski definition) is 1. The van der Waals surface area contributed by atoms with E-state index in [0.29, 0.717) is 21.2 Å².